The van der Waals surface area contributed by atoms with Gasteiger partial charge in [-0.1, -0.05) is 30.3 Å². The second-order valence-corrected chi connectivity index (χ2v) is 8.63. The molecule has 0 radical (unpaired) electrons. The Bertz CT molecular complexity index is 1330. The number of nitrogens with zero attached hydrogens (tertiary/aromatic N) is 1. The number of imidazole rings is 1. The van der Waals surface area contributed by atoms with Crippen LogP contribution in [0.25, 0.3) is 22.2 Å². The maximum Gasteiger partial charge on any atom is 0.336 e. The molecule has 0 saturated heterocycles. The average molecular weight is 428 g/mol. The first-order chi connectivity index (χ1) is 15.4. The van der Waals surface area contributed by atoms with Crippen LogP contribution < -0.4 is 4.74 Å². The van der Waals surface area contributed by atoms with Crippen LogP contribution in [0, 0.1) is 13.8 Å². The number of benzene rings is 3. The van der Waals surface area contributed by atoms with Gasteiger partial charge >= 0.3 is 5.97 Å². The van der Waals surface area contributed by atoms with Crippen LogP contribution in [0.2, 0.25) is 0 Å². The molecule has 0 aliphatic heterocycles. The van der Waals surface area contributed by atoms with Gasteiger partial charge in [-0.05, 0) is 78.8 Å². The van der Waals surface area contributed by atoms with Crippen LogP contribution >= 0.6 is 0 Å². The topological polar surface area (TPSA) is 95.4 Å². The first kappa shape index (κ1) is 20.3. The Morgan fingerprint density at radius 2 is 1.81 bits per heavy atom. The van der Waals surface area contributed by atoms with Gasteiger partial charge in [-0.3, -0.25) is 0 Å². The van der Waals surface area contributed by atoms with Crippen LogP contribution in [0.1, 0.15) is 39.9 Å². The molecule has 0 atom stereocenters. The number of carboxylic acids is 1. The highest BCUT2D eigenvalue weighted by Gasteiger charge is 2.43. The third kappa shape index (κ3) is 3.52. The zero-order valence-corrected chi connectivity index (χ0v) is 18.0. The van der Waals surface area contributed by atoms with E-state index >= 15 is 0 Å². The SMILES string of the molecule is Cc1ccc(Oc2nc3cc(-c4ccc(C5(CO)CC5)cc4)c(C)cc3[nH]2)cc1C(=O)O. The van der Waals surface area contributed by atoms with Gasteiger partial charge in [0.15, 0.2) is 0 Å². The summed E-state index contributed by atoms with van der Waals surface area (Å²) in [6.07, 6.45) is 2.08. The summed E-state index contributed by atoms with van der Waals surface area (Å²) in [5, 5.41) is 19.0. The molecule has 1 heterocycles. The fourth-order valence-electron chi connectivity index (χ4n) is 4.20. The van der Waals surface area contributed by atoms with Gasteiger partial charge in [-0.2, -0.15) is 4.98 Å². The maximum atomic E-state index is 11.4. The van der Waals surface area contributed by atoms with Gasteiger partial charge < -0.3 is 19.9 Å². The van der Waals surface area contributed by atoms with Crippen LogP contribution in [0.15, 0.2) is 54.6 Å². The highest BCUT2D eigenvalue weighted by atomic mass is 16.5. The fourth-order valence-corrected chi connectivity index (χ4v) is 4.20. The molecule has 162 valence electrons. The van der Waals surface area contributed by atoms with Gasteiger partial charge in [-0.25, -0.2) is 4.79 Å². The zero-order valence-electron chi connectivity index (χ0n) is 18.0. The van der Waals surface area contributed by atoms with Gasteiger partial charge in [0.25, 0.3) is 6.01 Å². The molecule has 5 rings (SSSR count). The van der Waals surface area contributed by atoms with E-state index in [1.54, 1.807) is 19.1 Å². The average Bonchev–Trinajstić information content (AvgIpc) is 3.49. The Morgan fingerprint density at radius 1 is 1.06 bits per heavy atom. The molecule has 32 heavy (non-hydrogen) atoms. The highest BCUT2D eigenvalue weighted by Crippen LogP contribution is 2.48. The summed E-state index contributed by atoms with van der Waals surface area (Å²) >= 11 is 0. The number of ether oxygens (including phenoxy) is 1. The van der Waals surface area contributed by atoms with Crippen molar-refractivity contribution in [1.29, 1.82) is 0 Å². The molecule has 6 nitrogen and oxygen atoms in total. The standard InChI is InChI=1S/C26H24N2O4/c1-15-3-8-19(12-21(15)24(30)31)32-25-27-22-11-16(2)20(13-23(22)28-25)17-4-6-18(7-5-17)26(14-29)9-10-26/h3-8,11-13,29H,9-10,14H2,1-2H3,(H,27,28)(H,30,31). The second-order valence-electron chi connectivity index (χ2n) is 8.63. The number of aliphatic hydroxyl groups is 1. The van der Waals surface area contributed by atoms with Crippen LogP contribution in [0.4, 0.5) is 0 Å². The lowest BCUT2D eigenvalue weighted by atomic mass is 9.93. The molecule has 1 aromatic heterocycles. The molecule has 0 amide bonds. The van der Waals surface area contributed by atoms with E-state index in [1.165, 1.54) is 11.6 Å². The van der Waals surface area contributed by atoms with Gasteiger partial charge in [0.05, 0.1) is 23.2 Å². The summed E-state index contributed by atoms with van der Waals surface area (Å²) < 4.78 is 5.81. The molecule has 1 fully saturated rings. The first-order valence-electron chi connectivity index (χ1n) is 10.6. The van der Waals surface area contributed by atoms with E-state index in [4.69, 9.17) is 4.74 Å². The summed E-state index contributed by atoms with van der Waals surface area (Å²) in [5.41, 5.74) is 6.93. The number of carboxylic acid groups (broad SMARTS) is 1. The number of rotatable bonds is 6. The number of aryl methyl sites for hydroxylation is 2. The Balaban J connectivity index is 1.44. The third-order valence-corrected chi connectivity index (χ3v) is 6.42. The summed E-state index contributed by atoms with van der Waals surface area (Å²) in [6.45, 7) is 4.00. The summed E-state index contributed by atoms with van der Waals surface area (Å²) in [6, 6.07) is 17.7. The Labute approximate surface area is 185 Å². The monoisotopic (exact) mass is 428 g/mol. The van der Waals surface area contributed by atoms with E-state index < -0.39 is 5.97 Å². The van der Waals surface area contributed by atoms with E-state index in [-0.39, 0.29) is 17.6 Å². The summed E-state index contributed by atoms with van der Waals surface area (Å²) in [7, 11) is 0. The van der Waals surface area contributed by atoms with Crippen molar-refractivity contribution in [2.75, 3.05) is 6.61 Å². The molecular weight excluding hydrogens is 404 g/mol. The van der Waals surface area contributed by atoms with E-state index in [9.17, 15) is 15.0 Å². The largest absolute Gasteiger partial charge is 0.478 e. The number of carbonyl (C=O) groups is 1. The molecule has 4 aromatic rings. The van der Waals surface area contributed by atoms with Crippen molar-refractivity contribution in [2.24, 2.45) is 0 Å². The van der Waals surface area contributed by atoms with Gasteiger partial charge in [-0.15, -0.1) is 0 Å². The van der Waals surface area contributed by atoms with E-state index in [2.05, 4.69) is 41.2 Å². The van der Waals surface area contributed by atoms with E-state index in [1.807, 2.05) is 12.1 Å². The molecule has 3 N–H and O–H groups in total. The predicted molar refractivity (Wildman–Crippen MR) is 122 cm³/mol. The Kier molecular flexibility index (Phi) is 4.75. The molecule has 6 heteroatoms. The molecule has 1 saturated carbocycles. The number of aromatic nitrogens is 2. The van der Waals surface area contributed by atoms with Crippen LogP contribution in [0.5, 0.6) is 11.8 Å². The van der Waals surface area contributed by atoms with Crippen LogP contribution in [-0.2, 0) is 5.41 Å². The van der Waals surface area contributed by atoms with Crippen molar-refractivity contribution >= 4 is 17.0 Å². The number of aromatic carboxylic acids is 1. The van der Waals surface area contributed by atoms with Crippen molar-refractivity contribution < 1.29 is 19.7 Å². The number of H-pyrrole nitrogens is 1. The molecule has 0 unspecified atom stereocenters. The lowest BCUT2D eigenvalue weighted by molar-refractivity contribution is 0.0695. The molecule has 0 bridgehead atoms. The number of hydrogen-bond acceptors (Lipinski definition) is 4. The Morgan fingerprint density at radius 3 is 2.47 bits per heavy atom. The number of fused-ring (bicyclic) bond motifs is 1. The number of aromatic amines is 1. The third-order valence-electron chi connectivity index (χ3n) is 6.42. The minimum atomic E-state index is -0.990. The first-order valence-corrected chi connectivity index (χ1v) is 10.6. The van der Waals surface area contributed by atoms with Crippen molar-refractivity contribution in [2.45, 2.75) is 32.1 Å². The van der Waals surface area contributed by atoms with Crippen molar-refractivity contribution in [3.63, 3.8) is 0 Å². The highest BCUT2D eigenvalue weighted by molar-refractivity contribution is 5.90. The van der Waals surface area contributed by atoms with Crippen LogP contribution in [-0.4, -0.2) is 32.8 Å². The van der Waals surface area contributed by atoms with Crippen molar-refractivity contribution in [3.8, 4) is 22.9 Å². The number of nitrogens with one attached hydrogen (secondary N) is 1. The smallest absolute Gasteiger partial charge is 0.336 e. The van der Waals surface area contributed by atoms with E-state index in [0.29, 0.717) is 17.3 Å². The van der Waals surface area contributed by atoms with E-state index in [0.717, 1.165) is 40.6 Å². The van der Waals surface area contributed by atoms with Crippen molar-refractivity contribution in [1.82, 2.24) is 9.97 Å². The summed E-state index contributed by atoms with van der Waals surface area (Å²) in [5.74, 6) is -0.576. The quantitative estimate of drug-likeness (QED) is 0.384. The lowest BCUT2D eigenvalue weighted by Crippen LogP contribution is -2.11. The maximum absolute atomic E-state index is 11.4. The van der Waals surface area contributed by atoms with Gasteiger partial charge in [0.1, 0.15) is 5.75 Å². The number of aliphatic hydroxyl groups excluding tert-OH is 1. The normalized spacial score (nSPS) is 14.5. The molecule has 1 aliphatic rings. The zero-order chi connectivity index (χ0) is 22.5. The van der Waals surface area contributed by atoms with Crippen molar-refractivity contribution in [3.05, 3.63) is 76.9 Å². The molecule has 3 aromatic carbocycles. The molecular formula is C26H24N2O4. The van der Waals surface area contributed by atoms with Gasteiger partial charge in [0.2, 0.25) is 0 Å². The lowest BCUT2D eigenvalue weighted by Gasteiger charge is -2.13. The minimum Gasteiger partial charge on any atom is -0.478 e. The van der Waals surface area contributed by atoms with Crippen LogP contribution in [0.3, 0.4) is 0 Å². The predicted octanol–water partition coefficient (Wildman–Crippen LogP) is 5.36. The molecule has 0 spiro atoms. The summed E-state index contributed by atoms with van der Waals surface area (Å²) in [4.78, 5) is 19.1. The minimum absolute atomic E-state index is 0.0392. The number of hydrogen-bond donors (Lipinski definition) is 3. The second kappa shape index (κ2) is 7.50. The van der Waals surface area contributed by atoms with Gasteiger partial charge in [0, 0.05) is 5.41 Å². The fraction of sp³-hybridized carbons (Fsp3) is 0.231. The Hall–Kier alpha value is -3.64. The molecule has 1 aliphatic carbocycles.